The second-order valence-electron chi connectivity index (χ2n) is 8.41. The standard InChI is InChI=1S/C25H25FN6O/c1-15-11-19-20(22(27)33)12-17(26)13-21(19)32(15)25-29-23(28-14-16-7-4-3-5-8-16)18-9-6-10-31(2)24(18)30-25/h3-5,7-8,11-13H,6,9-10,14H2,1-2H3,(H2,27,33)(H,28,29,30). The highest BCUT2D eigenvalue weighted by Crippen LogP contribution is 2.33. The van der Waals surface area contributed by atoms with Crippen molar-refractivity contribution >= 4 is 28.4 Å². The molecule has 2 aromatic carbocycles. The second-order valence-corrected chi connectivity index (χ2v) is 8.41. The molecule has 0 saturated heterocycles. The van der Waals surface area contributed by atoms with Crippen molar-refractivity contribution in [3.8, 4) is 5.95 Å². The normalized spacial score (nSPS) is 13.2. The van der Waals surface area contributed by atoms with Crippen molar-refractivity contribution in [2.45, 2.75) is 26.3 Å². The van der Waals surface area contributed by atoms with Gasteiger partial charge in [-0.05, 0) is 43.5 Å². The lowest BCUT2D eigenvalue weighted by Gasteiger charge is -2.28. The van der Waals surface area contributed by atoms with Gasteiger partial charge in [0.2, 0.25) is 11.9 Å². The van der Waals surface area contributed by atoms with Crippen molar-refractivity contribution in [1.29, 1.82) is 0 Å². The van der Waals surface area contributed by atoms with E-state index in [1.807, 2.05) is 38.2 Å². The Balaban J connectivity index is 1.67. The molecule has 1 aliphatic rings. The van der Waals surface area contributed by atoms with E-state index >= 15 is 0 Å². The van der Waals surface area contributed by atoms with Crippen LogP contribution in [0.1, 0.15) is 33.6 Å². The van der Waals surface area contributed by atoms with E-state index in [0.717, 1.165) is 47.8 Å². The van der Waals surface area contributed by atoms with Crippen LogP contribution in [0.5, 0.6) is 0 Å². The number of halogens is 1. The van der Waals surface area contributed by atoms with E-state index in [9.17, 15) is 9.18 Å². The van der Waals surface area contributed by atoms with Crippen molar-refractivity contribution < 1.29 is 9.18 Å². The molecule has 0 atom stereocenters. The number of nitrogens with one attached hydrogen (secondary N) is 1. The van der Waals surface area contributed by atoms with Crippen molar-refractivity contribution in [1.82, 2.24) is 14.5 Å². The Labute approximate surface area is 191 Å². The maximum atomic E-state index is 14.4. The van der Waals surface area contributed by atoms with Crippen LogP contribution in [0.2, 0.25) is 0 Å². The number of aromatic nitrogens is 3. The number of primary amides is 1. The summed E-state index contributed by atoms with van der Waals surface area (Å²) in [5.74, 6) is 0.834. The van der Waals surface area contributed by atoms with Gasteiger partial charge in [0, 0.05) is 36.8 Å². The highest BCUT2D eigenvalue weighted by Gasteiger charge is 2.24. The van der Waals surface area contributed by atoms with Crippen LogP contribution in [0.15, 0.2) is 48.5 Å². The van der Waals surface area contributed by atoms with Crippen LogP contribution < -0.4 is 16.0 Å². The molecular formula is C25H25FN6O. The third kappa shape index (κ3) is 3.77. The molecule has 1 amide bonds. The van der Waals surface area contributed by atoms with Gasteiger partial charge in [0.15, 0.2) is 0 Å². The number of fused-ring (bicyclic) bond motifs is 2. The zero-order valence-electron chi connectivity index (χ0n) is 18.6. The van der Waals surface area contributed by atoms with Crippen LogP contribution in [0.4, 0.5) is 16.0 Å². The number of nitrogens with two attached hydrogens (primary N) is 1. The smallest absolute Gasteiger partial charge is 0.249 e. The van der Waals surface area contributed by atoms with Gasteiger partial charge in [-0.2, -0.15) is 9.97 Å². The van der Waals surface area contributed by atoms with Gasteiger partial charge in [0.1, 0.15) is 17.5 Å². The van der Waals surface area contributed by atoms with E-state index in [4.69, 9.17) is 15.7 Å². The Morgan fingerprint density at radius 1 is 1.18 bits per heavy atom. The van der Waals surface area contributed by atoms with E-state index in [-0.39, 0.29) is 5.56 Å². The number of nitrogens with zero attached hydrogens (tertiary/aromatic N) is 4. The minimum atomic E-state index is -0.673. The SMILES string of the molecule is Cc1cc2c(C(N)=O)cc(F)cc2n1-c1nc(NCc2ccccc2)c2c(n1)N(C)CCC2. The number of amides is 1. The molecule has 0 aliphatic carbocycles. The number of anilines is 2. The van der Waals surface area contributed by atoms with Gasteiger partial charge >= 0.3 is 0 Å². The van der Waals surface area contributed by atoms with Gasteiger partial charge in [-0.3, -0.25) is 9.36 Å². The summed E-state index contributed by atoms with van der Waals surface area (Å²) >= 11 is 0. The molecule has 0 spiro atoms. The fourth-order valence-corrected chi connectivity index (χ4v) is 4.51. The number of carbonyl (C=O) groups excluding carboxylic acids is 1. The van der Waals surface area contributed by atoms with Crippen LogP contribution in [-0.4, -0.2) is 34.0 Å². The summed E-state index contributed by atoms with van der Waals surface area (Å²) < 4.78 is 16.2. The van der Waals surface area contributed by atoms with Crippen molar-refractivity contribution in [3.05, 3.63) is 76.7 Å². The zero-order valence-corrected chi connectivity index (χ0v) is 18.6. The summed E-state index contributed by atoms with van der Waals surface area (Å²) in [6.07, 6.45) is 1.90. The second kappa shape index (κ2) is 8.20. The molecule has 3 N–H and O–H groups in total. The van der Waals surface area contributed by atoms with Gasteiger partial charge in [-0.15, -0.1) is 0 Å². The van der Waals surface area contributed by atoms with Gasteiger partial charge in [0.25, 0.3) is 0 Å². The Bertz CT molecular complexity index is 1360. The third-order valence-electron chi connectivity index (χ3n) is 6.09. The summed E-state index contributed by atoms with van der Waals surface area (Å²) in [6.45, 7) is 3.40. The van der Waals surface area contributed by atoms with Gasteiger partial charge in [-0.25, -0.2) is 4.39 Å². The number of rotatable bonds is 5. The lowest BCUT2D eigenvalue weighted by atomic mass is 10.1. The number of aryl methyl sites for hydroxylation is 1. The summed E-state index contributed by atoms with van der Waals surface area (Å²) in [5, 5.41) is 4.06. The molecule has 7 nitrogen and oxygen atoms in total. The summed E-state index contributed by atoms with van der Waals surface area (Å²) in [5.41, 5.74) is 9.16. The van der Waals surface area contributed by atoms with Crippen LogP contribution in [0.25, 0.3) is 16.9 Å². The van der Waals surface area contributed by atoms with E-state index in [1.54, 1.807) is 4.57 Å². The fraction of sp³-hybridized carbons (Fsp3) is 0.240. The molecule has 0 fully saturated rings. The summed E-state index contributed by atoms with van der Waals surface area (Å²) in [7, 11) is 2.02. The number of hydrogen-bond donors (Lipinski definition) is 2. The highest BCUT2D eigenvalue weighted by molar-refractivity contribution is 6.06. The molecule has 4 aromatic rings. The molecule has 0 unspecified atom stereocenters. The Morgan fingerprint density at radius 3 is 2.73 bits per heavy atom. The number of hydrogen-bond acceptors (Lipinski definition) is 5. The quantitative estimate of drug-likeness (QED) is 0.486. The first-order valence-electron chi connectivity index (χ1n) is 10.9. The largest absolute Gasteiger partial charge is 0.366 e. The van der Waals surface area contributed by atoms with Gasteiger partial charge < -0.3 is 16.0 Å². The Morgan fingerprint density at radius 2 is 1.97 bits per heavy atom. The predicted octanol–water partition coefficient (Wildman–Crippen LogP) is 3.96. The Hall–Kier alpha value is -3.94. The van der Waals surface area contributed by atoms with E-state index in [2.05, 4.69) is 22.3 Å². The van der Waals surface area contributed by atoms with Crippen molar-refractivity contribution in [2.75, 3.05) is 23.8 Å². The monoisotopic (exact) mass is 444 g/mol. The molecule has 3 heterocycles. The molecule has 0 bridgehead atoms. The number of carbonyl (C=O) groups is 1. The maximum Gasteiger partial charge on any atom is 0.249 e. The van der Waals surface area contributed by atoms with E-state index in [1.165, 1.54) is 12.1 Å². The first-order valence-corrected chi connectivity index (χ1v) is 10.9. The van der Waals surface area contributed by atoms with Gasteiger partial charge in [0.05, 0.1) is 11.1 Å². The molecule has 33 heavy (non-hydrogen) atoms. The first-order chi connectivity index (χ1) is 15.9. The third-order valence-corrected chi connectivity index (χ3v) is 6.09. The first kappa shape index (κ1) is 20.9. The minimum absolute atomic E-state index is 0.143. The minimum Gasteiger partial charge on any atom is -0.366 e. The molecule has 2 aromatic heterocycles. The molecule has 5 rings (SSSR count). The fourth-order valence-electron chi connectivity index (χ4n) is 4.51. The molecule has 168 valence electrons. The molecule has 0 radical (unpaired) electrons. The lowest BCUT2D eigenvalue weighted by Crippen LogP contribution is -2.28. The van der Waals surface area contributed by atoms with Crippen LogP contribution in [0.3, 0.4) is 0 Å². The molecule has 0 saturated carbocycles. The average Bonchev–Trinajstić information content (AvgIpc) is 3.13. The van der Waals surface area contributed by atoms with Crippen LogP contribution >= 0.6 is 0 Å². The maximum absolute atomic E-state index is 14.4. The summed E-state index contributed by atoms with van der Waals surface area (Å²) in [4.78, 5) is 23.8. The van der Waals surface area contributed by atoms with Crippen LogP contribution in [-0.2, 0) is 13.0 Å². The average molecular weight is 445 g/mol. The topological polar surface area (TPSA) is 89.1 Å². The molecule has 8 heteroatoms. The summed E-state index contributed by atoms with van der Waals surface area (Å²) in [6, 6.07) is 14.5. The van der Waals surface area contributed by atoms with Crippen molar-refractivity contribution in [3.63, 3.8) is 0 Å². The lowest BCUT2D eigenvalue weighted by molar-refractivity contribution is 0.100. The predicted molar refractivity (Wildman–Crippen MR) is 127 cm³/mol. The zero-order chi connectivity index (χ0) is 23.1. The number of benzene rings is 2. The van der Waals surface area contributed by atoms with Gasteiger partial charge in [-0.1, -0.05) is 30.3 Å². The van der Waals surface area contributed by atoms with Crippen molar-refractivity contribution in [2.24, 2.45) is 5.73 Å². The van der Waals surface area contributed by atoms with E-state index < -0.39 is 11.7 Å². The Kier molecular flexibility index (Phi) is 5.20. The van der Waals surface area contributed by atoms with Crippen LogP contribution in [0, 0.1) is 12.7 Å². The molecular weight excluding hydrogens is 419 g/mol. The highest BCUT2D eigenvalue weighted by atomic mass is 19.1. The van der Waals surface area contributed by atoms with E-state index in [0.29, 0.717) is 23.4 Å². The molecule has 1 aliphatic heterocycles.